The van der Waals surface area contributed by atoms with E-state index in [1.54, 1.807) is 12.1 Å². The minimum atomic E-state index is -0.479. The van der Waals surface area contributed by atoms with Gasteiger partial charge >= 0.3 is 0 Å². The van der Waals surface area contributed by atoms with Crippen LogP contribution in [0.5, 0.6) is 0 Å². The number of carbonyl (C=O) groups excluding carboxylic acids is 1. The number of rotatable bonds is 6. The van der Waals surface area contributed by atoms with E-state index in [1.807, 2.05) is 37.3 Å². The number of nitro benzene ring substituents is 1. The molecule has 5 heteroatoms. The predicted molar refractivity (Wildman–Crippen MR) is 81.6 cm³/mol. The summed E-state index contributed by atoms with van der Waals surface area (Å²) in [6.07, 6.45) is 1.39. The lowest BCUT2D eigenvalue weighted by Gasteiger charge is -2.18. The van der Waals surface area contributed by atoms with E-state index in [0.29, 0.717) is 17.5 Å². The van der Waals surface area contributed by atoms with Gasteiger partial charge in [0.2, 0.25) is 0 Å². The first-order valence-electron chi connectivity index (χ1n) is 6.70. The minimum Gasteiger partial charge on any atom is -0.373 e. The van der Waals surface area contributed by atoms with E-state index in [1.165, 1.54) is 6.07 Å². The Hall–Kier alpha value is -2.69. The molecule has 0 spiro atoms. The van der Waals surface area contributed by atoms with E-state index >= 15 is 0 Å². The zero-order valence-electron chi connectivity index (χ0n) is 11.7. The van der Waals surface area contributed by atoms with Crippen molar-refractivity contribution in [1.29, 1.82) is 0 Å². The molecule has 2 aromatic carbocycles. The summed E-state index contributed by atoms with van der Waals surface area (Å²) in [6.45, 7) is 2.01. The Morgan fingerprint density at radius 2 is 1.95 bits per heavy atom. The molecule has 5 nitrogen and oxygen atoms in total. The van der Waals surface area contributed by atoms with Gasteiger partial charge in [-0.15, -0.1) is 0 Å². The highest BCUT2D eigenvalue weighted by Gasteiger charge is 2.18. The van der Waals surface area contributed by atoms with E-state index < -0.39 is 4.92 Å². The van der Waals surface area contributed by atoms with Gasteiger partial charge in [-0.25, -0.2) is 0 Å². The zero-order valence-corrected chi connectivity index (χ0v) is 11.7. The summed E-state index contributed by atoms with van der Waals surface area (Å²) in [7, 11) is 0. The number of hydrogen-bond acceptors (Lipinski definition) is 4. The molecule has 0 amide bonds. The van der Waals surface area contributed by atoms with Crippen LogP contribution in [0.4, 0.5) is 11.4 Å². The van der Waals surface area contributed by atoms with Crippen molar-refractivity contribution >= 4 is 17.7 Å². The summed E-state index contributed by atoms with van der Waals surface area (Å²) < 4.78 is 0. The van der Waals surface area contributed by atoms with E-state index in [-0.39, 0.29) is 11.7 Å². The van der Waals surface area contributed by atoms with Gasteiger partial charge in [0.15, 0.2) is 0 Å². The van der Waals surface area contributed by atoms with Gasteiger partial charge in [-0.2, -0.15) is 0 Å². The van der Waals surface area contributed by atoms with Crippen molar-refractivity contribution in [2.75, 3.05) is 5.32 Å². The second-order valence-electron chi connectivity index (χ2n) is 4.67. The first-order chi connectivity index (χ1) is 10.2. The highest BCUT2D eigenvalue weighted by Crippen LogP contribution is 2.30. The predicted octanol–water partition coefficient (Wildman–Crippen LogP) is 3.97. The quantitative estimate of drug-likeness (QED) is 0.495. The van der Waals surface area contributed by atoms with E-state index in [9.17, 15) is 14.9 Å². The van der Waals surface area contributed by atoms with Crippen molar-refractivity contribution in [2.24, 2.45) is 0 Å². The van der Waals surface area contributed by atoms with Crippen molar-refractivity contribution in [3.63, 3.8) is 0 Å². The molecule has 2 rings (SSSR count). The normalized spacial score (nSPS) is 11.7. The lowest BCUT2D eigenvalue weighted by molar-refractivity contribution is -0.384. The fraction of sp³-hybridized carbons (Fsp3) is 0.188. The van der Waals surface area contributed by atoms with Crippen molar-refractivity contribution in [3.05, 3.63) is 69.8 Å². The van der Waals surface area contributed by atoms with Crippen LogP contribution in [-0.4, -0.2) is 11.2 Å². The number of benzene rings is 2. The van der Waals surface area contributed by atoms with Gasteiger partial charge in [0, 0.05) is 11.6 Å². The summed E-state index contributed by atoms with van der Waals surface area (Å²) in [6, 6.07) is 14.2. The van der Waals surface area contributed by atoms with Gasteiger partial charge in [0.1, 0.15) is 12.0 Å². The fourth-order valence-electron chi connectivity index (χ4n) is 2.19. The van der Waals surface area contributed by atoms with Crippen LogP contribution < -0.4 is 5.32 Å². The lowest BCUT2D eigenvalue weighted by atomic mass is 10.0. The maximum Gasteiger partial charge on any atom is 0.293 e. The Morgan fingerprint density at radius 1 is 1.24 bits per heavy atom. The van der Waals surface area contributed by atoms with Gasteiger partial charge in [0.05, 0.1) is 11.0 Å². The number of anilines is 1. The van der Waals surface area contributed by atoms with Gasteiger partial charge in [-0.3, -0.25) is 14.9 Å². The molecule has 1 atom stereocenters. The molecule has 2 aromatic rings. The third-order valence-corrected chi connectivity index (χ3v) is 3.29. The van der Waals surface area contributed by atoms with Crippen LogP contribution in [0.15, 0.2) is 48.5 Å². The van der Waals surface area contributed by atoms with Crippen LogP contribution in [0.1, 0.15) is 35.3 Å². The van der Waals surface area contributed by atoms with Crippen LogP contribution >= 0.6 is 0 Å². The highest BCUT2D eigenvalue weighted by atomic mass is 16.6. The molecular formula is C16H16N2O3. The molecular weight excluding hydrogens is 268 g/mol. The molecule has 0 fully saturated rings. The number of nitro groups is 1. The number of nitrogens with zero attached hydrogens (tertiary/aromatic N) is 1. The molecule has 0 saturated heterocycles. The minimum absolute atomic E-state index is 0.0213. The van der Waals surface area contributed by atoms with Crippen LogP contribution in [-0.2, 0) is 0 Å². The molecule has 0 saturated carbocycles. The molecule has 0 aliphatic heterocycles. The molecule has 0 heterocycles. The highest BCUT2D eigenvalue weighted by molar-refractivity contribution is 5.79. The van der Waals surface area contributed by atoms with Crippen LogP contribution in [0, 0.1) is 10.1 Å². The Labute approximate surface area is 122 Å². The molecule has 0 aliphatic rings. The molecule has 1 unspecified atom stereocenters. The van der Waals surface area contributed by atoms with Gasteiger partial charge in [-0.1, -0.05) is 37.3 Å². The number of carbonyl (C=O) groups is 1. The zero-order chi connectivity index (χ0) is 15.2. The maximum atomic E-state index is 11.1. The van der Waals surface area contributed by atoms with E-state index in [4.69, 9.17) is 0 Å². The second kappa shape index (κ2) is 6.65. The number of nitrogens with one attached hydrogen (secondary N) is 1. The first-order valence-corrected chi connectivity index (χ1v) is 6.70. The van der Waals surface area contributed by atoms with Gasteiger partial charge < -0.3 is 5.32 Å². The topological polar surface area (TPSA) is 72.2 Å². The van der Waals surface area contributed by atoms with Crippen molar-refractivity contribution in [3.8, 4) is 0 Å². The average Bonchev–Trinajstić information content (AvgIpc) is 2.53. The molecule has 21 heavy (non-hydrogen) atoms. The summed E-state index contributed by atoms with van der Waals surface area (Å²) in [4.78, 5) is 21.4. The largest absolute Gasteiger partial charge is 0.373 e. The monoisotopic (exact) mass is 284 g/mol. The summed E-state index contributed by atoms with van der Waals surface area (Å²) >= 11 is 0. The molecule has 108 valence electrons. The average molecular weight is 284 g/mol. The smallest absolute Gasteiger partial charge is 0.293 e. The fourth-order valence-corrected chi connectivity index (χ4v) is 2.19. The van der Waals surface area contributed by atoms with Crippen molar-refractivity contribution in [1.82, 2.24) is 0 Å². The number of hydrogen-bond donors (Lipinski definition) is 1. The van der Waals surface area contributed by atoms with Gasteiger partial charge in [-0.05, 0) is 24.1 Å². The second-order valence-corrected chi connectivity index (χ2v) is 4.67. The Balaban J connectivity index is 2.33. The maximum absolute atomic E-state index is 11.1. The summed E-state index contributed by atoms with van der Waals surface area (Å²) in [5, 5.41) is 14.3. The van der Waals surface area contributed by atoms with Crippen molar-refractivity contribution in [2.45, 2.75) is 19.4 Å². The molecule has 0 aromatic heterocycles. The van der Waals surface area contributed by atoms with Crippen LogP contribution in [0.3, 0.4) is 0 Å². The SMILES string of the molecule is CCC(Nc1ccc(C=O)cc1[N+](=O)[O-])c1ccccc1. The Bertz CT molecular complexity index is 641. The number of aldehydes is 1. The third kappa shape index (κ3) is 3.45. The van der Waals surface area contributed by atoms with Gasteiger partial charge in [0.25, 0.3) is 5.69 Å². The third-order valence-electron chi connectivity index (χ3n) is 3.29. The molecule has 1 N–H and O–H groups in total. The van der Waals surface area contributed by atoms with Crippen LogP contribution in [0.2, 0.25) is 0 Å². The molecule has 0 aliphatic carbocycles. The molecule has 0 radical (unpaired) electrons. The molecule has 0 bridgehead atoms. The summed E-state index contributed by atoms with van der Waals surface area (Å²) in [5.74, 6) is 0. The lowest BCUT2D eigenvalue weighted by Crippen LogP contribution is -2.11. The first kappa shape index (κ1) is 14.7. The Kier molecular flexibility index (Phi) is 4.66. The van der Waals surface area contributed by atoms with E-state index in [0.717, 1.165) is 12.0 Å². The Morgan fingerprint density at radius 3 is 2.52 bits per heavy atom. The summed E-state index contributed by atoms with van der Waals surface area (Å²) in [5.41, 5.74) is 1.68. The van der Waals surface area contributed by atoms with Crippen LogP contribution in [0.25, 0.3) is 0 Å². The van der Waals surface area contributed by atoms with Crippen molar-refractivity contribution < 1.29 is 9.72 Å². The van der Waals surface area contributed by atoms with E-state index in [2.05, 4.69) is 5.32 Å². The standard InChI is InChI=1S/C16H16N2O3/c1-2-14(13-6-4-3-5-7-13)17-15-9-8-12(11-19)10-16(15)18(20)21/h3-11,14,17H,2H2,1H3.